The molecule has 0 radical (unpaired) electrons. The number of nitrogens with one attached hydrogen (secondary N) is 1. The molecule has 2 rings (SSSR count). The highest BCUT2D eigenvalue weighted by molar-refractivity contribution is 5.74. The molecule has 2 amide bonds. The third kappa shape index (κ3) is 3.83. The maximum atomic E-state index is 12.0. The number of carboxylic acids is 1. The first-order valence-electron chi connectivity index (χ1n) is 6.88. The normalized spacial score (nSPS) is 27.7. The summed E-state index contributed by atoms with van der Waals surface area (Å²) in [6.07, 6.45) is 3.84. The number of ether oxygens (including phenoxy) is 1. The number of piperidine rings is 1. The number of methoxy groups -OCH3 is 1. The van der Waals surface area contributed by atoms with Crippen molar-refractivity contribution < 1.29 is 19.4 Å². The Morgan fingerprint density at radius 1 is 1.32 bits per heavy atom. The first-order valence-corrected chi connectivity index (χ1v) is 6.88. The molecule has 6 heteroatoms. The van der Waals surface area contributed by atoms with Crippen molar-refractivity contribution in [2.45, 2.75) is 44.2 Å². The zero-order valence-electron chi connectivity index (χ0n) is 11.3. The highest BCUT2D eigenvalue weighted by Crippen LogP contribution is 2.24. The summed E-state index contributed by atoms with van der Waals surface area (Å²) >= 11 is 0. The fourth-order valence-electron chi connectivity index (χ4n) is 2.73. The molecule has 1 saturated heterocycles. The van der Waals surface area contributed by atoms with Crippen LogP contribution in [-0.4, -0.2) is 54.4 Å². The SMILES string of the molecule is COC1CC(NC(=O)N2CCC(CC(=O)O)CC2)C1. The summed E-state index contributed by atoms with van der Waals surface area (Å²) in [7, 11) is 1.69. The van der Waals surface area contributed by atoms with Gasteiger partial charge in [0.05, 0.1) is 6.10 Å². The summed E-state index contributed by atoms with van der Waals surface area (Å²) in [5, 5.41) is 11.7. The minimum Gasteiger partial charge on any atom is -0.481 e. The van der Waals surface area contributed by atoms with Crippen LogP contribution >= 0.6 is 0 Å². The number of aliphatic carboxylic acids is 1. The molecule has 108 valence electrons. The van der Waals surface area contributed by atoms with Gasteiger partial charge < -0.3 is 20.1 Å². The van der Waals surface area contributed by atoms with Gasteiger partial charge in [-0.25, -0.2) is 4.79 Å². The largest absolute Gasteiger partial charge is 0.481 e. The molecule has 19 heavy (non-hydrogen) atoms. The molecular weight excluding hydrogens is 248 g/mol. The Bertz CT molecular complexity index is 334. The molecule has 2 fully saturated rings. The van der Waals surface area contributed by atoms with Crippen LogP contribution in [-0.2, 0) is 9.53 Å². The topological polar surface area (TPSA) is 78.9 Å². The van der Waals surface area contributed by atoms with Gasteiger partial charge in [0, 0.05) is 32.7 Å². The number of nitrogens with zero attached hydrogens (tertiary/aromatic N) is 1. The number of carboxylic acid groups (broad SMARTS) is 1. The van der Waals surface area contributed by atoms with Crippen molar-refractivity contribution in [1.82, 2.24) is 10.2 Å². The van der Waals surface area contributed by atoms with Gasteiger partial charge in [-0.15, -0.1) is 0 Å². The van der Waals surface area contributed by atoms with Crippen molar-refractivity contribution >= 4 is 12.0 Å². The molecule has 0 aromatic heterocycles. The summed E-state index contributed by atoms with van der Waals surface area (Å²) in [5.41, 5.74) is 0. The second-order valence-electron chi connectivity index (χ2n) is 5.50. The van der Waals surface area contributed by atoms with Gasteiger partial charge in [0.1, 0.15) is 0 Å². The Kier molecular flexibility index (Phi) is 4.63. The van der Waals surface area contributed by atoms with Crippen molar-refractivity contribution in [2.24, 2.45) is 5.92 Å². The molecule has 0 aromatic carbocycles. The fraction of sp³-hybridized carbons (Fsp3) is 0.846. The van der Waals surface area contributed by atoms with Gasteiger partial charge >= 0.3 is 12.0 Å². The average Bonchev–Trinajstić information content (AvgIpc) is 2.33. The molecule has 6 nitrogen and oxygen atoms in total. The lowest BCUT2D eigenvalue weighted by molar-refractivity contribution is -0.138. The molecule has 1 saturated carbocycles. The summed E-state index contributed by atoms with van der Waals surface area (Å²) in [6, 6.07) is 0.211. The summed E-state index contributed by atoms with van der Waals surface area (Å²) in [4.78, 5) is 24.4. The van der Waals surface area contributed by atoms with E-state index in [4.69, 9.17) is 9.84 Å². The number of urea groups is 1. The number of hydrogen-bond donors (Lipinski definition) is 2. The van der Waals surface area contributed by atoms with Crippen molar-refractivity contribution in [3.63, 3.8) is 0 Å². The zero-order valence-corrected chi connectivity index (χ0v) is 11.3. The minimum atomic E-state index is -0.747. The molecule has 1 heterocycles. The molecule has 0 unspecified atom stereocenters. The molecule has 0 spiro atoms. The third-order valence-electron chi connectivity index (χ3n) is 4.12. The van der Waals surface area contributed by atoms with Crippen molar-refractivity contribution in [3.8, 4) is 0 Å². The molecule has 0 bridgehead atoms. The van der Waals surface area contributed by atoms with E-state index in [1.54, 1.807) is 12.0 Å². The molecule has 0 atom stereocenters. The van der Waals surface area contributed by atoms with E-state index in [1.165, 1.54) is 0 Å². The Morgan fingerprint density at radius 2 is 1.95 bits per heavy atom. The Morgan fingerprint density at radius 3 is 2.47 bits per heavy atom. The number of carbonyl (C=O) groups excluding carboxylic acids is 1. The number of rotatable bonds is 4. The van der Waals surface area contributed by atoms with Crippen LogP contribution in [0, 0.1) is 5.92 Å². The number of carbonyl (C=O) groups is 2. The van der Waals surface area contributed by atoms with Crippen LogP contribution in [0.25, 0.3) is 0 Å². The molecule has 2 N–H and O–H groups in total. The predicted molar refractivity (Wildman–Crippen MR) is 68.9 cm³/mol. The summed E-state index contributed by atoms with van der Waals surface area (Å²) < 4.78 is 5.17. The summed E-state index contributed by atoms with van der Waals surface area (Å²) in [5.74, 6) is -0.536. The van der Waals surface area contributed by atoms with Crippen LogP contribution in [0.4, 0.5) is 4.79 Å². The first-order chi connectivity index (χ1) is 9.08. The van der Waals surface area contributed by atoms with Crippen LogP contribution in [0.3, 0.4) is 0 Å². The number of amides is 2. The van der Waals surface area contributed by atoms with Crippen LogP contribution in [0.2, 0.25) is 0 Å². The van der Waals surface area contributed by atoms with Gasteiger partial charge in [-0.1, -0.05) is 0 Å². The number of hydrogen-bond acceptors (Lipinski definition) is 3. The van der Waals surface area contributed by atoms with E-state index < -0.39 is 5.97 Å². The van der Waals surface area contributed by atoms with E-state index in [0.717, 1.165) is 25.7 Å². The smallest absolute Gasteiger partial charge is 0.317 e. The molecule has 1 aliphatic heterocycles. The zero-order chi connectivity index (χ0) is 13.8. The van der Waals surface area contributed by atoms with E-state index in [9.17, 15) is 9.59 Å². The lowest BCUT2D eigenvalue weighted by atomic mass is 9.89. The number of likely N-dealkylation sites (tertiary alicyclic amines) is 1. The van der Waals surface area contributed by atoms with Gasteiger partial charge in [-0.2, -0.15) is 0 Å². The maximum Gasteiger partial charge on any atom is 0.317 e. The van der Waals surface area contributed by atoms with E-state index in [0.29, 0.717) is 13.1 Å². The monoisotopic (exact) mass is 270 g/mol. The Balaban J connectivity index is 1.66. The Labute approximate surface area is 113 Å². The molecule has 1 aliphatic carbocycles. The van der Waals surface area contributed by atoms with Crippen LogP contribution in [0.15, 0.2) is 0 Å². The quantitative estimate of drug-likeness (QED) is 0.800. The van der Waals surface area contributed by atoms with Crippen molar-refractivity contribution in [2.75, 3.05) is 20.2 Å². The van der Waals surface area contributed by atoms with Gasteiger partial charge in [0.15, 0.2) is 0 Å². The van der Waals surface area contributed by atoms with Crippen molar-refractivity contribution in [3.05, 3.63) is 0 Å². The summed E-state index contributed by atoms with van der Waals surface area (Å²) in [6.45, 7) is 1.31. The van der Waals surface area contributed by atoms with Crippen LogP contribution in [0.1, 0.15) is 32.1 Å². The van der Waals surface area contributed by atoms with Gasteiger partial charge in [0.25, 0.3) is 0 Å². The van der Waals surface area contributed by atoms with Gasteiger partial charge in [0.2, 0.25) is 0 Å². The first kappa shape index (κ1) is 14.1. The van der Waals surface area contributed by atoms with Crippen molar-refractivity contribution in [1.29, 1.82) is 0 Å². The second kappa shape index (κ2) is 6.23. The fourth-order valence-corrected chi connectivity index (χ4v) is 2.73. The molecule has 0 aromatic rings. The van der Waals surface area contributed by atoms with Crippen LogP contribution < -0.4 is 5.32 Å². The van der Waals surface area contributed by atoms with Gasteiger partial charge in [-0.3, -0.25) is 4.79 Å². The Hall–Kier alpha value is -1.30. The third-order valence-corrected chi connectivity index (χ3v) is 4.12. The van der Waals surface area contributed by atoms with E-state index in [1.807, 2.05) is 0 Å². The molecular formula is C13H22N2O4. The highest BCUT2D eigenvalue weighted by Gasteiger charge is 2.32. The van der Waals surface area contributed by atoms with E-state index in [2.05, 4.69) is 5.32 Å². The molecule has 2 aliphatic rings. The minimum absolute atomic E-state index is 0.0201. The standard InChI is InChI=1S/C13H22N2O4/c1-19-11-7-10(8-11)14-13(18)15-4-2-9(3-5-15)6-12(16)17/h9-11H,2-8H2,1H3,(H,14,18)(H,16,17). The highest BCUT2D eigenvalue weighted by atomic mass is 16.5. The maximum absolute atomic E-state index is 12.0. The lowest BCUT2D eigenvalue weighted by Crippen LogP contribution is -2.53. The average molecular weight is 270 g/mol. The predicted octanol–water partition coefficient (Wildman–Crippen LogP) is 1.06. The van der Waals surface area contributed by atoms with Crippen LogP contribution in [0.5, 0.6) is 0 Å². The van der Waals surface area contributed by atoms with E-state index >= 15 is 0 Å². The second-order valence-corrected chi connectivity index (χ2v) is 5.50. The van der Waals surface area contributed by atoms with E-state index in [-0.39, 0.29) is 30.5 Å². The van der Waals surface area contributed by atoms with Gasteiger partial charge in [-0.05, 0) is 31.6 Å². The lowest BCUT2D eigenvalue weighted by Gasteiger charge is -2.37.